The average Bonchev–Trinajstić information content (AvgIpc) is 2.97. The van der Waals surface area contributed by atoms with Gasteiger partial charge in [-0.1, -0.05) is 12.1 Å². The van der Waals surface area contributed by atoms with Crippen molar-refractivity contribution in [1.29, 1.82) is 0 Å². The number of carbonyl (C=O) groups is 3. The second-order valence-corrected chi connectivity index (χ2v) is 5.76. The number of nitrogens with zero attached hydrogens (tertiary/aromatic N) is 2. The van der Waals surface area contributed by atoms with Crippen LogP contribution in [-0.4, -0.2) is 66.7 Å². The van der Waals surface area contributed by atoms with Gasteiger partial charge in [0.1, 0.15) is 31.0 Å². The minimum Gasteiger partial charge on any atom is -0.486 e. The molecule has 24 heavy (non-hydrogen) atoms. The Labute approximate surface area is 138 Å². The summed E-state index contributed by atoms with van der Waals surface area (Å²) in [6.07, 6.45) is 0.0199. The van der Waals surface area contributed by atoms with Crippen LogP contribution in [0.1, 0.15) is 6.42 Å². The number of methoxy groups -OCH3 is 1. The molecule has 2 aliphatic rings. The number of ether oxygens (including phenoxy) is 2. The molecule has 128 valence electrons. The quantitative estimate of drug-likeness (QED) is 0.840. The van der Waals surface area contributed by atoms with Crippen molar-refractivity contribution < 1.29 is 29.0 Å². The second-order valence-electron chi connectivity index (χ2n) is 5.76. The largest absolute Gasteiger partial charge is 0.486 e. The Bertz CT molecular complexity index is 676. The predicted molar refractivity (Wildman–Crippen MR) is 82.8 cm³/mol. The molecule has 0 spiro atoms. The molecule has 2 bridgehead atoms. The number of aliphatic carboxylic acids is 1. The maximum Gasteiger partial charge on any atom is 0.323 e. The Morgan fingerprint density at radius 2 is 2.12 bits per heavy atom. The highest BCUT2D eigenvalue weighted by Crippen LogP contribution is 2.36. The molecule has 0 aliphatic carbocycles. The number of para-hydroxylation sites is 2. The van der Waals surface area contributed by atoms with Gasteiger partial charge in [-0.15, -0.1) is 0 Å². The zero-order valence-corrected chi connectivity index (χ0v) is 13.2. The van der Waals surface area contributed by atoms with Gasteiger partial charge in [0.05, 0.1) is 12.2 Å². The van der Waals surface area contributed by atoms with Crippen molar-refractivity contribution in [2.75, 3.05) is 31.7 Å². The summed E-state index contributed by atoms with van der Waals surface area (Å²) in [5.74, 6) is -1.43. The third kappa shape index (κ3) is 2.92. The van der Waals surface area contributed by atoms with E-state index in [0.717, 1.165) is 4.90 Å². The molecule has 2 amide bonds. The van der Waals surface area contributed by atoms with Crippen molar-refractivity contribution in [3.05, 3.63) is 24.3 Å². The number of benzene rings is 1. The molecule has 3 rings (SSSR count). The minimum atomic E-state index is -1.14. The van der Waals surface area contributed by atoms with E-state index in [2.05, 4.69) is 0 Å². The van der Waals surface area contributed by atoms with Gasteiger partial charge < -0.3 is 19.5 Å². The molecule has 8 heteroatoms. The highest BCUT2D eigenvalue weighted by molar-refractivity contribution is 6.03. The maximum absolute atomic E-state index is 12.9. The fourth-order valence-electron chi connectivity index (χ4n) is 3.16. The standard InChI is InChI=1S/C16H18N2O6/c1-23-9-14(19)17-7-10-6-12(17)16(22)18(8-15(20)21)11-4-2-3-5-13(11)24-10/h2-5,10,12H,6-9H2,1H3,(H,20,21). The number of anilines is 1. The van der Waals surface area contributed by atoms with Crippen LogP contribution in [0.5, 0.6) is 5.75 Å². The van der Waals surface area contributed by atoms with Crippen LogP contribution in [0, 0.1) is 0 Å². The summed E-state index contributed by atoms with van der Waals surface area (Å²) in [5, 5.41) is 9.16. The Morgan fingerprint density at radius 1 is 1.38 bits per heavy atom. The van der Waals surface area contributed by atoms with E-state index in [1.54, 1.807) is 24.3 Å². The molecule has 1 aromatic carbocycles. The molecule has 2 unspecified atom stereocenters. The summed E-state index contributed by atoms with van der Waals surface area (Å²) >= 11 is 0. The molecular formula is C16H18N2O6. The second kappa shape index (κ2) is 6.48. The van der Waals surface area contributed by atoms with Crippen molar-refractivity contribution in [1.82, 2.24) is 4.90 Å². The van der Waals surface area contributed by atoms with E-state index < -0.39 is 24.5 Å². The number of carbonyl (C=O) groups excluding carboxylic acids is 2. The average molecular weight is 334 g/mol. The summed E-state index contributed by atoms with van der Waals surface area (Å²) in [6.45, 7) is -0.358. The van der Waals surface area contributed by atoms with Crippen molar-refractivity contribution in [2.45, 2.75) is 18.6 Å². The zero-order valence-electron chi connectivity index (χ0n) is 13.2. The number of amides is 2. The summed E-state index contributed by atoms with van der Waals surface area (Å²) in [6, 6.07) is 6.05. The Balaban J connectivity index is 1.99. The molecule has 1 fully saturated rings. The van der Waals surface area contributed by atoms with Gasteiger partial charge in [0.25, 0.3) is 5.91 Å². The van der Waals surface area contributed by atoms with Gasteiger partial charge in [0.15, 0.2) is 0 Å². The van der Waals surface area contributed by atoms with Crippen LogP contribution in [-0.2, 0) is 19.1 Å². The van der Waals surface area contributed by atoms with E-state index in [9.17, 15) is 14.4 Å². The van der Waals surface area contributed by atoms with E-state index in [-0.39, 0.29) is 25.2 Å². The molecule has 0 saturated carbocycles. The Hall–Kier alpha value is -2.61. The predicted octanol–water partition coefficient (Wildman–Crippen LogP) is 0.113. The van der Waals surface area contributed by atoms with Gasteiger partial charge in [-0.2, -0.15) is 0 Å². The van der Waals surface area contributed by atoms with Crippen LogP contribution in [0.15, 0.2) is 24.3 Å². The van der Waals surface area contributed by atoms with Gasteiger partial charge in [-0.3, -0.25) is 19.3 Å². The number of fused-ring (bicyclic) bond motifs is 3. The summed E-state index contributed by atoms with van der Waals surface area (Å²) < 4.78 is 10.8. The fraction of sp³-hybridized carbons (Fsp3) is 0.438. The molecule has 2 atom stereocenters. The fourth-order valence-corrected chi connectivity index (χ4v) is 3.16. The topological polar surface area (TPSA) is 96.4 Å². The molecule has 0 radical (unpaired) electrons. The lowest BCUT2D eigenvalue weighted by Gasteiger charge is -2.30. The number of hydrogen-bond acceptors (Lipinski definition) is 5. The van der Waals surface area contributed by atoms with Gasteiger partial charge in [-0.05, 0) is 12.1 Å². The molecular weight excluding hydrogens is 316 g/mol. The third-order valence-corrected chi connectivity index (χ3v) is 4.15. The number of likely N-dealkylation sites (tertiary alicyclic amines) is 1. The first-order chi connectivity index (χ1) is 11.5. The smallest absolute Gasteiger partial charge is 0.323 e. The van der Waals surface area contributed by atoms with Crippen LogP contribution in [0.25, 0.3) is 0 Å². The SMILES string of the molecule is COCC(=O)N1CC2CC1C(=O)N(CC(=O)O)c1ccccc1O2. The first-order valence-corrected chi connectivity index (χ1v) is 7.58. The van der Waals surface area contributed by atoms with Crippen LogP contribution in [0.3, 0.4) is 0 Å². The first kappa shape index (κ1) is 16.3. The summed E-state index contributed by atoms with van der Waals surface area (Å²) in [4.78, 5) is 39.0. The number of carboxylic acids is 1. The Morgan fingerprint density at radius 3 is 2.83 bits per heavy atom. The summed E-state index contributed by atoms with van der Waals surface area (Å²) in [5.41, 5.74) is 0.403. The lowest BCUT2D eigenvalue weighted by molar-refractivity contribution is -0.141. The van der Waals surface area contributed by atoms with Crippen molar-refractivity contribution >= 4 is 23.5 Å². The first-order valence-electron chi connectivity index (χ1n) is 7.58. The van der Waals surface area contributed by atoms with Crippen LogP contribution >= 0.6 is 0 Å². The zero-order chi connectivity index (χ0) is 17.3. The Kier molecular flexibility index (Phi) is 4.39. The van der Waals surface area contributed by atoms with Gasteiger partial charge in [0, 0.05) is 13.5 Å². The third-order valence-electron chi connectivity index (χ3n) is 4.15. The van der Waals surface area contributed by atoms with E-state index in [4.69, 9.17) is 14.6 Å². The van der Waals surface area contributed by atoms with Crippen molar-refractivity contribution in [2.24, 2.45) is 0 Å². The lowest BCUT2D eigenvalue weighted by Crippen LogP contribution is -2.50. The number of carboxylic acid groups (broad SMARTS) is 1. The van der Waals surface area contributed by atoms with Crippen LogP contribution in [0.4, 0.5) is 5.69 Å². The van der Waals surface area contributed by atoms with Crippen molar-refractivity contribution in [3.8, 4) is 5.75 Å². The lowest BCUT2D eigenvalue weighted by atomic mass is 10.1. The normalized spacial score (nSPS) is 22.5. The minimum absolute atomic E-state index is 0.137. The summed E-state index contributed by atoms with van der Waals surface area (Å²) in [7, 11) is 1.41. The molecule has 1 saturated heterocycles. The highest BCUT2D eigenvalue weighted by Gasteiger charge is 2.45. The van der Waals surface area contributed by atoms with Gasteiger partial charge >= 0.3 is 5.97 Å². The molecule has 2 heterocycles. The van der Waals surface area contributed by atoms with E-state index in [1.807, 2.05) is 0 Å². The maximum atomic E-state index is 12.9. The molecule has 8 nitrogen and oxygen atoms in total. The molecule has 1 aromatic rings. The van der Waals surface area contributed by atoms with Gasteiger partial charge in [0.2, 0.25) is 5.91 Å². The van der Waals surface area contributed by atoms with E-state index >= 15 is 0 Å². The van der Waals surface area contributed by atoms with E-state index in [0.29, 0.717) is 17.9 Å². The molecule has 2 aliphatic heterocycles. The van der Waals surface area contributed by atoms with Crippen LogP contribution < -0.4 is 9.64 Å². The number of hydrogen-bond donors (Lipinski definition) is 1. The van der Waals surface area contributed by atoms with E-state index in [1.165, 1.54) is 12.0 Å². The van der Waals surface area contributed by atoms with Crippen molar-refractivity contribution in [3.63, 3.8) is 0 Å². The highest BCUT2D eigenvalue weighted by atomic mass is 16.5. The van der Waals surface area contributed by atoms with Gasteiger partial charge in [-0.25, -0.2) is 0 Å². The number of rotatable bonds is 4. The monoisotopic (exact) mass is 334 g/mol. The van der Waals surface area contributed by atoms with Crippen LogP contribution in [0.2, 0.25) is 0 Å². The molecule has 0 aromatic heterocycles. The molecule has 1 N–H and O–H groups in total.